The second-order valence-corrected chi connectivity index (χ2v) is 30.5. The van der Waals surface area contributed by atoms with Gasteiger partial charge >= 0.3 is 49.4 Å². The molecule has 0 radical (unpaired) electrons. The highest BCUT2D eigenvalue weighted by atomic mass is 19.4. The second kappa shape index (κ2) is 36.2. The number of H-pyrrole nitrogens is 4. The Bertz CT molecular complexity index is 6890. The monoisotopic (exact) mass is 1910 g/mol. The molecule has 24 nitrogen and oxygen atoms in total. The highest BCUT2D eigenvalue weighted by molar-refractivity contribution is 5.95. The van der Waals surface area contributed by atoms with Gasteiger partial charge in [-0.25, -0.2) is 4.39 Å². The van der Waals surface area contributed by atoms with Crippen LogP contribution < -0.4 is 91.2 Å². The molecule has 133 heavy (non-hydrogen) atoms. The Morgan fingerprint density at radius 1 is 0.293 bits per heavy atom. The summed E-state index contributed by atoms with van der Waals surface area (Å²) in [5, 5.41) is -1.18. The van der Waals surface area contributed by atoms with E-state index in [1.807, 2.05) is 38.4 Å². The molecule has 4 N–H and O–H groups in total. The van der Waals surface area contributed by atoms with E-state index in [-0.39, 0.29) is 104 Å². The molecule has 6 aliphatic heterocycles. The number of fused-ring (bicyclic) bond motifs is 12. The first-order valence-electron chi connectivity index (χ1n) is 39.5. The summed E-state index contributed by atoms with van der Waals surface area (Å²) >= 11 is 0. The van der Waals surface area contributed by atoms with Crippen molar-refractivity contribution in [2.75, 3.05) is 149 Å². The molecule has 0 bridgehead atoms. The second-order valence-electron chi connectivity index (χ2n) is 30.5. The van der Waals surface area contributed by atoms with Crippen LogP contribution in [0.15, 0.2) is 132 Å². The number of anilines is 6. The molecule has 49 heteroatoms. The lowest BCUT2D eigenvalue weighted by Crippen LogP contribution is -2.39. The largest absolute Gasteiger partial charge is 0.489 e. The molecule has 0 amide bonds. The van der Waals surface area contributed by atoms with E-state index in [2.05, 4.69) is 15.0 Å². The molecule has 0 saturated carbocycles. The van der Waals surface area contributed by atoms with Gasteiger partial charge in [0, 0.05) is 140 Å². The summed E-state index contributed by atoms with van der Waals surface area (Å²) in [4.78, 5) is 87.4. The first kappa shape index (κ1) is 97.0. The fourth-order valence-electron chi connectivity index (χ4n) is 15.6. The van der Waals surface area contributed by atoms with Crippen molar-refractivity contribution >= 4 is 99.5 Å². The van der Waals surface area contributed by atoms with Crippen LogP contribution in [0.1, 0.15) is 47.2 Å². The molecule has 0 spiro atoms. The van der Waals surface area contributed by atoms with Crippen LogP contribution in [-0.2, 0) is 51.2 Å². The van der Waals surface area contributed by atoms with Crippen molar-refractivity contribution in [1.29, 1.82) is 0 Å². The molecule has 0 atom stereocenters. The maximum absolute atomic E-state index is 13.7. The predicted molar refractivity (Wildman–Crippen MR) is 438 cm³/mol. The van der Waals surface area contributed by atoms with Gasteiger partial charge in [-0.05, 0) is 50.2 Å². The zero-order valence-corrected chi connectivity index (χ0v) is 69.6. The topological polar surface area (TPSA) is 250 Å². The Balaban J connectivity index is 0.000000136. The van der Waals surface area contributed by atoms with Gasteiger partial charge in [-0.1, -0.05) is 0 Å². The van der Waals surface area contributed by atoms with E-state index in [4.69, 9.17) is 28.4 Å². The van der Waals surface area contributed by atoms with E-state index in [9.17, 15) is 139 Å². The van der Waals surface area contributed by atoms with E-state index in [0.717, 1.165) is 34.1 Å². The molecule has 0 aliphatic carbocycles. The number of pyridine rings is 6. The van der Waals surface area contributed by atoms with Crippen molar-refractivity contribution in [2.45, 2.75) is 63.3 Å². The molecule has 18 rings (SSSR count). The SMILES string of the molecule is CCN1CCOc2cc3[nH]c(=O)cc(C(F)(F)F)c3cc21.CCN1CCOc2cc3c(cc21)c(C(F)(F)F)cc(=O)n3C.CN1CCOc2cc3[nH]c(=O)cc(C(F)(F)F)c3cc21.CN1CCOc2cc3c(cc21)c(C(F)(F)F)cc(=O)n3C.O=c1[nH]c2cc3c(cc2c(C(F)(F)F)c1F)N(CC(F)(F)F)CCO3.O=c1cc(C(F)(F)F)c2cc3c(cc2[nH]1)OCCN3CC(F)(F)F. The number of hydrogen-bond acceptors (Lipinski definition) is 18. The third-order valence-corrected chi connectivity index (χ3v) is 21.8. The Kier molecular flexibility index (Phi) is 26.4. The van der Waals surface area contributed by atoms with Gasteiger partial charge in [-0.2, -0.15) is 105 Å². The van der Waals surface area contributed by atoms with Gasteiger partial charge in [-0.3, -0.25) is 28.8 Å². The number of hydrogen-bond donors (Lipinski definition) is 4. The summed E-state index contributed by atoms with van der Waals surface area (Å²) in [5.41, 5.74) is -9.97. The summed E-state index contributed by atoms with van der Waals surface area (Å²) in [6.07, 6.45) is -37.4. The van der Waals surface area contributed by atoms with E-state index >= 15 is 0 Å². The number of benzene rings is 6. The fraction of sp³-hybridized carbons (Fsp3) is 0.357. The molecule has 12 aromatic rings. The lowest BCUT2D eigenvalue weighted by Gasteiger charge is -2.32. The standard InChI is InChI=1S/C15H15F3N2O2.C14H9F7N2O2.C14H10F6N2O2.2C14H13F3N2O2.C13H11F3N2O2/c1-3-20-4-5-22-13-8-11-9(6-12(13)20)10(15(16,17)18)7-14(21)19(11)2;15-11-10(14(19,20)21)6-3-8-9(4-7(6)22-12(11)24)25-2-1-23(8)5-13(16,17)18;15-13(16,17)6-22-1-2-24-11-5-9-7(3-10(11)22)8(14(18,19)20)4-12(23)21-9;1-18-3-4-21-12-7-10-8(5-11(12)18)9(14(15,16)17)6-13(20)19(10)2;1-2-19-3-4-21-12-7-10-8(5-11(12)19)9(14(15,16)17)6-13(20)18-10;1-18-2-3-20-11-6-9-7(4-10(11)18)8(13(14,15)16)5-12(19)17-9/h6-8H,3-5H2,1-2H3;3-4H,1-2,5H2,(H,22,24);3-5H,1-2,6H2,(H,21,23);5-7H,3-4H2,1-2H3;5-7H,2-4H2,1H3,(H,18,20);4-6H,2-3H2,1H3,(H,17,19). The number of aromatic amines is 4. The lowest BCUT2D eigenvalue weighted by molar-refractivity contribution is -0.139. The van der Waals surface area contributed by atoms with Gasteiger partial charge in [0.15, 0.2) is 0 Å². The number of halogens is 25. The number of nitrogens with zero attached hydrogens (tertiary/aromatic N) is 8. The summed E-state index contributed by atoms with van der Waals surface area (Å²) in [6.45, 7) is 6.34. The van der Waals surface area contributed by atoms with Gasteiger partial charge in [0.05, 0.1) is 134 Å². The van der Waals surface area contributed by atoms with E-state index in [1.165, 1.54) is 71.8 Å². The maximum atomic E-state index is 13.7. The zero-order valence-electron chi connectivity index (χ0n) is 69.6. The molecule has 6 aromatic carbocycles. The van der Waals surface area contributed by atoms with Crippen LogP contribution in [0.25, 0.3) is 65.4 Å². The highest BCUT2D eigenvalue weighted by Crippen LogP contribution is 2.49. The van der Waals surface area contributed by atoms with Gasteiger partial charge < -0.3 is 86.9 Å². The molecular weight excluding hydrogens is 1840 g/mol. The normalized spacial score (nSPS) is 15.1. The average molecular weight is 1920 g/mol. The van der Waals surface area contributed by atoms with Crippen LogP contribution in [0.5, 0.6) is 34.5 Å². The Labute approximate surface area is 729 Å². The molecule has 6 aliphatic rings. The predicted octanol–water partition coefficient (Wildman–Crippen LogP) is 17.1. The zero-order chi connectivity index (χ0) is 97.4. The highest BCUT2D eigenvalue weighted by Gasteiger charge is 2.44. The maximum Gasteiger partial charge on any atom is 0.420 e. The molecule has 6 aromatic heterocycles. The summed E-state index contributed by atoms with van der Waals surface area (Å²) in [7, 11) is 6.48. The first-order chi connectivity index (χ1) is 61.9. The minimum atomic E-state index is -5.20. The van der Waals surface area contributed by atoms with Crippen molar-refractivity contribution in [3.8, 4) is 34.5 Å². The number of ether oxygens (including phenoxy) is 6. The minimum absolute atomic E-state index is 0.000648. The smallest absolute Gasteiger partial charge is 0.420 e. The van der Waals surface area contributed by atoms with Crippen molar-refractivity contribution < 1.29 is 138 Å². The van der Waals surface area contributed by atoms with Gasteiger partial charge in [0.2, 0.25) is 22.5 Å². The molecule has 0 saturated heterocycles. The number of aryl methyl sites for hydroxylation is 2. The molecule has 12 heterocycles. The lowest BCUT2D eigenvalue weighted by atomic mass is 10.1. The van der Waals surface area contributed by atoms with Gasteiger partial charge in [0.1, 0.15) is 92.8 Å². The summed E-state index contributed by atoms with van der Waals surface area (Å²) in [5.74, 6) is -0.210. The van der Waals surface area contributed by atoms with Crippen LogP contribution in [0.3, 0.4) is 0 Å². The van der Waals surface area contributed by atoms with Crippen LogP contribution in [0.2, 0.25) is 0 Å². The molecule has 0 unspecified atom stereocenters. The van der Waals surface area contributed by atoms with Crippen LogP contribution in [-0.4, -0.2) is 161 Å². The summed E-state index contributed by atoms with van der Waals surface area (Å²) in [6, 6.07) is 18.3. The van der Waals surface area contributed by atoms with Crippen LogP contribution in [0, 0.1) is 5.82 Å². The van der Waals surface area contributed by atoms with Gasteiger partial charge in [-0.15, -0.1) is 0 Å². The van der Waals surface area contributed by atoms with Crippen molar-refractivity contribution in [2.24, 2.45) is 14.1 Å². The summed E-state index contributed by atoms with van der Waals surface area (Å²) < 4.78 is 361. The number of alkyl halides is 24. The third kappa shape index (κ3) is 21.0. The van der Waals surface area contributed by atoms with Crippen molar-refractivity contribution in [3.05, 3.63) is 204 Å². The van der Waals surface area contributed by atoms with Crippen molar-refractivity contribution in [3.63, 3.8) is 0 Å². The third-order valence-electron chi connectivity index (χ3n) is 21.8. The average Bonchev–Trinajstić information content (AvgIpc) is 0.761. The number of nitrogens with one attached hydrogen (secondary N) is 4. The number of aromatic nitrogens is 6. The minimum Gasteiger partial charge on any atom is -0.489 e. The molecule has 0 fully saturated rings. The van der Waals surface area contributed by atoms with E-state index in [1.54, 1.807) is 14.1 Å². The van der Waals surface area contributed by atoms with Crippen molar-refractivity contribution in [1.82, 2.24) is 29.1 Å². The van der Waals surface area contributed by atoms with E-state index in [0.29, 0.717) is 142 Å². The quantitative estimate of drug-likeness (QED) is 0.120. The Morgan fingerprint density at radius 3 is 0.865 bits per heavy atom. The van der Waals surface area contributed by atoms with Crippen LogP contribution >= 0.6 is 0 Å². The molecule has 714 valence electrons. The molecular formula is C84H71F25N12O12. The number of likely N-dealkylation sites (N-methyl/N-ethyl adjacent to an activating group) is 4. The fourth-order valence-corrected chi connectivity index (χ4v) is 15.6. The first-order valence-corrected chi connectivity index (χ1v) is 39.5. The number of rotatable bonds is 4. The van der Waals surface area contributed by atoms with Crippen LogP contribution in [0.4, 0.5) is 144 Å². The Hall–Kier alpha value is -13.6. The van der Waals surface area contributed by atoms with E-state index < -0.39 is 146 Å². The Morgan fingerprint density at radius 2 is 0.549 bits per heavy atom. The van der Waals surface area contributed by atoms with Gasteiger partial charge in [0.25, 0.3) is 16.7 Å².